The Labute approximate surface area is 152 Å². The van der Waals surface area contributed by atoms with Gasteiger partial charge in [0, 0.05) is 29.2 Å². The average Bonchev–Trinajstić information content (AvgIpc) is 3.14. The summed E-state index contributed by atoms with van der Waals surface area (Å²) in [7, 11) is 0. The highest BCUT2D eigenvalue weighted by molar-refractivity contribution is 7.08. The van der Waals surface area contributed by atoms with Crippen LogP contribution >= 0.6 is 11.3 Å². The smallest absolute Gasteiger partial charge is 0.251 e. The number of carbonyl (C=O) groups is 1. The van der Waals surface area contributed by atoms with Gasteiger partial charge in [0.05, 0.1) is 5.69 Å². The van der Waals surface area contributed by atoms with Gasteiger partial charge in [0.2, 0.25) is 0 Å². The molecule has 0 fully saturated rings. The Kier molecular flexibility index (Phi) is 5.00. The van der Waals surface area contributed by atoms with E-state index in [1.165, 1.54) is 5.56 Å². The molecule has 3 nitrogen and oxygen atoms in total. The molecule has 0 radical (unpaired) electrons. The number of nitrogens with one attached hydrogen (secondary N) is 1. The molecule has 2 heterocycles. The first-order valence-electron chi connectivity index (χ1n) is 8.30. The zero-order chi connectivity index (χ0) is 17.9. The summed E-state index contributed by atoms with van der Waals surface area (Å²) in [5.74, 6) is -0.0689. The van der Waals surface area contributed by atoms with Crippen molar-refractivity contribution in [2.24, 2.45) is 0 Å². The molecule has 1 amide bonds. The Morgan fingerprint density at radius 3 is 2.52 bits per heavy atom. The first-order valence-corrected chi connectivity index (χ1v) is 9.24. The third-order valence-corrected chi connectivity index (χ3v) is 4.82. The highest BCUT2D eigenvalue weighted by Gasteiger charge is 2.14. The maximum Gasteiger partial charge on any atom is 0.251 e. The molecule has 2 aromatic heterocycles. The van der Waals surface area contributed by atoms with Gasteiger partial charge in [-0.1, -0.05) is 39.0 Å². The molecule has 4 heteroatoms. The molecular weight excluding hydrogens is 328 g/mol. The maximum atomic E-state index is 12.4. The fourth-order valence-electron chi connectivity index (χ4n) is 2.64. The van der Waals surface area contributed by atoms with Crippen molar-refractivity contribution in [3.63, 3.8) is 0 Å². The molecule has 0 aliphatic heterocycles. The van der Waals surface area contributed by atoms with Crippen LogP contribution in [0, 0.1) is 0 Å². The molecule has 3 rings (SSSR count). The second-order valence-electron chi connectivity index (χ2n) is 7.03. The minimum absolute atomic E-state index is 0.0689. The lowest BCUT2D eigenvalue weighted by Gasteiger charge is -2.19. The Morgan fingerprint density at radius 1 is 1.12 bits per heavy atom. The molecule has 0 bridgehead atoms. The molecule has 3 aromatic rings. The van der Waals surface area contributed by atoms with Crippen LogP contribution in [0.3, 0.4) is 0 Å². The first-order chi connectivity index (χ1) is 11.9. The standard InChI is InChI=1S/C21H22N2OS/c1-21(2,3)18-8-6-15(7-9-18)20(24)23-13-16-5-4-11-22-19(16)17-10-12-25-14-17/h4-12,14H,13H2,1-3H3,(H,23,24). The van der Waals surface area contributed by atoms with E-state index >= 15 is 0 Å². The average molecular weight is 350 g/mol. The fraction of sp³-hybridized carbons (Fsp3) is 0.238. The van der Waals surface area contributed by atoms with Gasteiger partial charge in [0.1, 0.15) is 0 Å². The summed E-state index contributed by atoms with van der Waals surface area (Å²) in [5.41, 5.74) is 5.00. The van der Waals surface area contributed by atoms with Crippen LogP contribution in [0.4, 0.5) is 0 Å². The van der Waals surface area contributed by atoms with Gasteiger partial charge >= 0.3 is 0 Å². The van der Waals surface area contributed by atoms with Gasteiger partial charge in [-0.25, -0.2) is 0 Å². The van der Waals surface area contributed by atoms with E-state index in [0.717, 1.165) is 16.8 Å². The number of thiophene rings is 1. The van der Waals surface area contributed by atoms with E-state index in [9.17, 15) is 4.79 Å². The molecule has 1 N–H and O–H groups in total. The number of pyridine rings is 1. The largest absolute Gasteiger partial charge is 0.348 e. The Bertz CT molecular complexity index is 846. The van der Waals surface area contributed by atoms with Crippen LogP contribution in [0.15, 0.2) is 59.4 Å². The van der Waals surface area contributed by atoms with Crippen LogP contribution < -0.4 is 5.32 Å². The van der Waals surface area contributed by atoms with Crippen LogP contribution in [-0.2, 0) is 12.0 Å². The molecule has 0 unspecified atom stereocenters. The molecular formula is C21H22N2OS. The number of benzene rings is 1. The summed E-state index contributed by atoms with van der Waals surface area (Å²) in [4.78, 5) is 16.9. The minimum Gasteiger partial charge on any atom is -0.348 e. The monoisotopic (exact) mass is 350 g/mol. The number of aromatic nitrogens is 1. The first kappa shape index (κ1) is 17.4. The highest BCUT2D eigenvalue weighted by atomic mass is 32.1. The van der Waals surface area contributed by atoms with Crippen molar-refractivity contribution in [3.8, 4) is 11.3 Å². The predicted molar refractivity (Wildman–Crippen MR) is 104 cm³/mol. The van der Waals surface area contributed by atoms with Crippen molar-refractivity contribution in [3.05, 3.63) is 76.1 Å². The lowest BCUT2D eigenvalue weighted by Crippen LogP contribution is -2.23. The van der Waals surface area contributed by atoms with Crippen molar-refractivity contribution in [2.75, 3.05) is 0 Å². The van der Waals surface area contributed by atoms with Crippen molar-refractivity contribution >= 4 is 17.2 Å². The van der Waals surface area contributed by atoms with E-state index in [1.54, 1.807) is 17.5 Å². The van der Waals surface area contributed by atoms with E-state index in [-0.39, 0.29) is 11.3 Å². The minimum atomic E-state index is -0.0689. The fourth-order valence-corrected chi connectivity index (χ4v) is 3.28. The maximum absolute atomic E-state index is 12.4. The molecule has 0 spiro atoms. The number of carbonyl (C=O) groups excluding carboxylic acids is 1. The molecule has 128 valence electrons. The summed E-state index contributed by atoms with van der Waals surface area (Å²) < 4.78 is 0. The van der Waals surface area contributed by atoms with Crippen LogP contribution in [0.2, 0.25) is 0 Å². The topological polar surface area (TPSA) is 42.0 Å². The Hall–Kier alpha value is -2.46. The van der Waals surface area contributed by atoms with Crippen LogP contribution in [0.25, 0.3) is 11.3 Å². The quantitative estimate of drug-likeness (QED) is 0.716. The van der Waals surface area contributed by atoms with Gasteiger partial charge in [0.25, 0.3) is 5.91 Å². The number of hydrogen-bond donors (Lipinski definition) is 1. The van der Waals surface area contributed by atoms with Crippen molar-refractivity contribution in [1.82, 2.24) is 10.3 Å². The van der Waals surface area contributed by atoms with Crippen molar-refractivity contribution in [1.29, 1.82) is 0 Å². The summed E-state index contributed by atoms with van der Waals surface area (Å²) in [5, 5.41) is 7.10. The van der Waals surface area contributed by atoms with Crippen LogP contribution in [0.5, 0.6) is 0 Å². The number of nitrogens with zero attached hydrogens (tertiary/aromatic N) is 1. The van der Waals surface area contributed by atoms with Crippen LogP contribution in [0.1, 0.15) is 42.3 Å². The molecule has 25 heavy (non-hydrogen) atoms. The third kappa shape index (κ3) is 4.15. The van der Waals surface area contributed by atoms with Gasteiger partial charge in [-0.05, 0) is 46.2 Å². The van der Waals surface area contributed by atoms with E-state index in [1.807, 2.05) is 47.8 Å². The predicted octanol–water partition coefficient (Wildman–Crippen LogP) is 5.04. The zero-order valence-electron chi connectivity index (χ0n) is 14.7. The van der Waals surface area contributed by atoms with Gasteiger partial charge in [-0.3, -0.25) is 9.78 Å². The van der Waals surface area contributed by atoms with Crippen molar-refractivity contribution < 1.29 is 4.79 Å². The molecule has 0 saturated heterocycles. The molecule has 0 aliphatic rings. The molecule has 0 aliphatic carbocycles. The normalized spacial score (nSPS) is 11.3. The molecule has 0 saturated carbocycles. The van der Waals surface area contributed by atoms with Crippen molar-refractivity contribution in [2.45, 2.75) is 32.7 Å². The summed E-state index contributed by atoms with van der Waals surface area (Å²) in [6, 6.07) is 13.8. The van der Waals surface area contributed by atoms with E-state index in [4.69, 9.17) is 0 Å². The third-order valence-electron chi connectivity index (χ3n) is 4.14. The lowest BCUT2D eigenvalue weighted by atomic mass is 9.87. The van der Waals surface area contributed by atoms with E-state index in [2.05, 4.69) is 36.5 Å². The molecule has 1 aromatic carbocycles. The van der Waals surface area contributed by atoms with Gasteiger partial charge in [-0.15, -0.1) is 0 Å². The number of amides is 1. The van der Waals surface area contributed by atoms with E-state index < -0.39 is 0 Å². The molecule has 0 atom stereocenters. The Morgan fingerprint density at radius 2 is 1.88 bits per heavy atom. The SMILES string of the molecule is CC(C)(C)c1ccc(C(=O)NCc2cccnc2-c2ccsc2)cc1. The zero-order valence-corrected chi connectivity index (χ0v) is 15.6. The lowest BCUT2D eigenvalue weighted by molar-refractivity contribution is 0.0951. The summed E-state index contributed by atoms with van der Waals surface area (Å²) in [6.07, 6.45) is 1.78. The van der Waals surface area contributed by atoms with Gasteiger partial charge in [0.15, 0.2) is 0 Å². The summed E-state index contributed by atoms with van der Waals surface area (Å²) in [6.45, 7) is 6.95. The highest BCUT2D eigenvalue weighted by Crippen LogP contribution is 2.24. The second-order valence-corrected chi connectivity index (χ2v) is 7.81. The summed E-state index contributed by atoms with van der Waals surface area (Å²) >= 11 is 1.64. The number of hydrogen-bond acceptors (Lipinski definition) is 3. The van der Waals surface area contributed by atoms with E-state index in [0.29, 0.717) is 12.1 Å². The van der Waals surface area contributed by atoms with Gasteiger partial charge in [-0.2, -0.15) is 11.3 Å². The Balaban J connectivity index is 1.71. The number of rotatable bonds is 4. The van der Waals surface area contributed by atoms with Crippen LogP contribution in [-0.4, -0.2) is 10.9 Å². The van der Waals surface area contributed by atoms with Gasteiger partial charge < -0.3 is 5.32 Å². The second kappa shape index (κ2) is 7.19.